The van der Waals surface area contributed by atoms with Gasteiger partial charge in [-0.2, -0.15) is 13.2 Å². The molecule has 1 heterocycles. The first-order chi connectivity index (χ1) is 7.41. The van der Waals surface area contributed by atoms with E-state index < -0.39 is 23.4 Å². The Balaban J connectivity index is 2.84. The van der Waals surface area contributed by atoms with Crippen molar-refractivity contribution < 1.29 is 23.1 Å². The standard InChI is InChI=1S/C10H6F3NO2/c11-10(12,13)8-7(9(15)16)5-3-1-2-4-6(5)14-8/h1-4,14H,(H,15,16). The Hall–Kier alpha value is -1.98. The normalized spacial score (nSPS) is 11.9. The molecule has 0 radical (unpaired) electrons. The number of nitrogens with one attached hydrogen (secondary N) is 1. The number of hydrogen-bond donors (Lipinski definition) is 2. The highest BCUT2D eigenvalue weighted by atomic mass is 19.4. The number of aromatic carboxylic acids is 1. The van der Waals surface area contributed by atoms with E-state index in [0.717, 1.165) is 0 Å². The Kier molecular flexibility index (Phi) is 2.15. The molecule has 84 valence electrons. The lowest BCUT2D eigenvalue weighted by atomic mass is 10.1. The highest BCUT2D eigenvalue weighted by Gasteiger charge is 2.38. The molecule has 2 aromatic rings. The van der Waals surface area contributed by atoms with Crippen LogP contribution in [0.2, 0.25) is 0 Å². The van der Waals surface area contributed by atoms with Crippen molar-refractivity contribution in [2.45, 2.75) is 6.18 Å². The maximum atomic E-state index is 12.6. The first-order valence-electron chi connectivity index (χ1n) is 4.32. The first-order valence-corrected chi connectivity index (χ1v) is 4.32. The third kappa shape index (κ3) is 1.52. The SMILES string of the molecule is O=C(O)c1c(C(F)(F)F)[nH]c2ccccc12. The molecule has 0 amide bonds. The van der Waals surface area contributed by atoms with Crippen LogP contribution < -0.4 is 0 Å². The lowest BCUT2D eigenvalue weighted by Crippen LogP contribution is -2.11. The molecular formula is C10H6F3NO2. The molecule has 0 fully saturated rings. The highest BCUT2D eigenvalue weighted by Crippen LogP contribution is 2.35. The van der Waals surface area contributed by atoms with Crippen molar-refractivity contribution in [3.05, 3.63) is 35.5 Å². The number of H-pyrrole nitrogens is 1. The molecule has 0 bridgehead atoms. The van der Waals surface area contributed by atoms with E-state index in [0.29, 0.717) is 0 Å². The number of carbonyl (C=O) groups is 1. The van der Waals surface area contributed by atoms with E-state index in [1.165, 1.54) is 24.3 Å². The van der Waals surface area contributed by atoms with Crippen LogP contribution in [0.3, 0.4) is 0 Å². The van der Waals surface area contributed by atoms with E-state index in [1.807, 2.05) is 0 Å². The minimum Gasteiger partial charge on any atom is -0.478 e. The summed E-state index contributed by atoms with van der Waals surface area (Å²) < 4.78 is 37.7. The molecule has 16 heavy (non-hydrogen) atoms. The first kappa shape index (κ1) is 10.5. The van der Waals surface area contributed by atoms with Crippen molar-refractivity contribution >= 4 is 16.9 Å². The number of alkyl halides is 3. The zero-order valence-corrected chi connectivity index (χ0v) is 7.80. The fraction of sp³-hybridized carbons (Fsp3) is 0.100. The summed E-state index contributed by atoms with van der Waals surface area (Å²) in [6.07, 6.45) is -4.70. The fourth-order valence-electron chi connectivity index (χ4n) is 1.58. The number of rotatable bonds is 1. The summed E-state index contributed by atoms with van der Waals surface area (Å²) in [4.78, 5) is 12.9. The van der Waals surface area contributed by atoms with Gasteiger partial charge >= 0.3 is 12.1 Å². The Labute approximate surface area is 87.5 Å². The average Bonchev–Trinajstić information content (AvgIpc) is 2.55. The second-order valence-electron chi connectivity index (χ2n) is 3.22. The van der Waals surface area contributed by atoms with Crippen LogP contribution in [0.5, 0.6) is 0 Å². The monoisotopic (exact) mass is 229 g/mol. The van der Waals surface area contributed by atoms with Crippen LogP contribution in [0, 0.1) is 0 Å². The van der Waals surface area contributed by atoms with Crippen molar-refractivity contribution in [3.63, 3.8) is 0 Å². The van der Waals surface area contributed by atoms with Gasteiger partial charge in [-0.1, -0.05) is 18.2 Å². The smallest absolute Gasteiger partial charge is 0.432 e. The zero-order valence-electron chi connectivity index (χ0n) is 7.80. The largest absolute Gasteiger partial charge is 0.478 e. The quantitative estimate of drug-likeness (QED) is 0.789. The van der Waals surface area contributed by atoms with Crippen LogP contribution in [0.1, 0.15) is 16.1 Å². The van der Waals surface area contributed by atoms with Gasteiger partial charge in [-0.15, -0.1) is 0 Å². The lowest BCUT2D eigenvalue weighted by molar-refractivity contribution is -0.141. The van der Waals surface area contributed by atoms with E-state index in [-0.39, 0.29) is 10.9 Å². The summed E-state index contributed by atoms with van der Waals surface area (Å²) in [6.45, 7) is 0. The van der Waals surface area contributed by atoms with Gasteiger partial charge in [0.2, 0.25) is 0 Å². The van der Waals surface area contributed by atoms with Gasteiger partial charge in [-0.25, -0.2) is 4.79 Å². The van der Waals surface area contributed by atoms with Crippen molar-refractivity contribution in [1.29, 1.82) is 0 Å². The summed E-state index contributed by atoms with van der Waals surface area (Å²) in [7, 11) is 0. The number of carboxylic acids is 1. The summed E-state index contributed by atoms with van der Waals surface area (Å²) >= 11 is 0. The van der Waals surface area contributed by atoms with Gasteiger partial charge in [0, 0.05) is 10.9 Å². The molecule has 0 saturated heterocycles. The summed E-state index contributed by atoms with van der Waals surface area (Å²) in [5.74, 6) is -1.59. The molecule has 2 N–H and O–H groups in total. The van der Waals surface area contributed by atoms with Gasteiger partial charge in [0.1, 0.15) is 5.69 Å². The lowest BCUT2D eigenvalue weighted by Gasteiger charge is -2.04. The van der Waals surface area contributed by atoms with Crippen molar-refractivity contribution in [3.8, 4) is 0 Å². The minimum absolute atomic E-state index is 0.0577. The number of fused-ring (bicyclic) bond motifs is 1. The predicted molar refractivity (Wildman–Crippen MR) is 50.3 cm³/mol. The fourth-order valence-corrected chi connectivity index (χ4v) is 1.58. The van der Waals surface area contributed by atoms with Crippen LogP contribution in [0.25, 0.3) is 10.9 Å². The predicted octanol–water partition coefficient (Wildman–Crippen LogP) is 2.88. The molecule has 0 atom stereocenters. The molecule has 0 unspecified atom stereocenters. The molecule has 0 saturated carbocycles. The van der Waals surface area contributed by atoms with Crippen LogP contribution >= 0.6 is 0 Å². The van der Waals surface area contributed by atoms with Crippen molar-refractivity contribution in [2.75, 3.05) is 0 Å². The Morgan fingerprint density at radius 3 is 2.44 bits per heavy atom. The van der Waals surface area contributed by atoms with Gasteiger partial charge < -0.3 is 10.1 Å². The van der Waals surface area contributed by atoms with Gasteiger partial charge in [0.05, 0.1) is 5.56 Å². The van der Waals surface area contributed by atoms with Crippen LogP contribution in [-0.4, -0.2) is 16.1 Å². The molecular weight excluding hydrogens is 223 g/mol. The topological polar surface area (TPSA) is 53.1 Å². The molecule has 0 spiro atoms. The van der Waals surface area contributed by atoms with Gasteiger partial charge in [-0.3, -0.25) is 0 Å². The second-order valence-corrected chi connectivity index (χ2v) is 3.22. The van der Waals surface area contributed by atoms with E-state index in [2.05, 4.69) is 4.98 Å². The number of aromatic amines is 1. The summed E-state index contributed by atoms with van der Waals surface area (Å²) in [5, 5.41) is 8.85. The van der Waals surface area contributed by atoms with E-state index in [4.69, 9.17) is 5.11 Å². The molecule has 1 aromatic carbocycles. The van der Waals surface area contributed by atoms with Gasteiger partial charge in [0.15, 0.2) is 0 Å². The number of para-hydroxylation sites is 1. The average molecular weight is 229 g/mol. The zero-order chi connectivity index (χ0) is 11.9. The molecule has 6 heteroatoms. The second kappa shape index (κ2) is 3.26. The van der Waals surface area contributed by atoms with Crippen LogP contribution in [0.4, 0.5) is 13.2 Å². The maximum absolute atomic E-state index is 12.6. The minimum atomic E-state index is -4.70. The van der Waals surface area contributed by atoms with E-state index in [1.54, 1.807) is 0 Å². The number of aromatic nitrogens is 1. The maximum Gasteiger partial charge on any atom is 0.432 e. The number of hydrogen-bond acceptors (Lipinski definition) is 1. The third-order valence-corrected chi connectivity index (χ3v) is 2.20. The summed E-state index contributed by atoms with van der Waals surface area (Å²) in [5.41, 5.74) is -1.79. The number of benzene rings is 1. The molecule has 3 nitrogen and oxygen atoms in total. The van der Waals surface area contributed by atoms with E-state index in [9.17, 15) is 18.0 Å². The molecule has 0 aliphatic carbocycles. The molecule has 2 rings (SSSR count). The molecule has 0 aliphatic heterocycles. The van der Waals surface area contributed by atoms with Gasteiger partial charge in [0.25, 0.3) is 0 Å². The van der Waals surface area contributed by atoms with E-state index >= 15 is 0 Å². The Morgan fingerprint density at radius 2 is 1.88 bits per heavy atom. The van der Waals surface area contributed by atoms with Crippen LogP contribution in [-0.2, 0) is 6.18 Å². The molecule has 0 aliphatic rings. The Bertz CT molecular complexity index is 557. The number of carboxylic acid groups (broad SMARTS) is 1. The Morgan fingerprint density at radius 1 is 1.25 bits per heavy atom. The number of halogens is 3. The van der Waals surface area contributed by atoms with Crippen LogP contribution in [0.15, 0.2) is 24.3 Å². The summed E-state index contributed by atoms with van der Waals surface area (Å²) in [6, 6.07) is 5.76. The third-order valence-electron chi connectivity index (χ3n) is 2.20. The highest BCUT2D eigenvalue weighted by molar-refractivity contribution is 6.04. The van der Waals surface area contributed by atoms with Crippen molar-refractivity contribution in [2.24, 2.45) is 0 Å². The molecule has 1 aromatic heterocycles. The van der Waals surface area contributed by atoms with Gasteiger partial charge in [-0.05, 0) is 6.07 Å². The van der Waals surface area contributed by atoms with Crippen molar-refractivity contribution in [1.82, 2.24) is 4.98 Å².